The van der Waals surface area contributed by atoms with Crippen molar-refractivity contribution < 1.29 is 18.0 Å². The lowest BCUT2D eigenvalue weighted by molar-refractivity contribution is -0.137. The van der Waals surface area contributed by atoms with Gasteiger partial charge >= 0.3 is 6.18 Å². The third-order valence-corrected chi connectivity index (χ3v) is 2.98. The number of carbonyl (C=O) groups excluding carboxylic acids is 1. The number of nitrogens with zero attached hydrogens (tertiary/aromatic N) is 1. The number of halogens is 4. The lowest BCUT2D eigenvalue weighted by Gasteiger charge is -2.09. The normalized spacial score (nSPS) is 11.6. The Labute approximate surface area is 129 Å². The Morgan fingerprint density at radius 3 is 2.68 bits per heavy atom. The molecule has 1 amide bonds. The third-order valence-electron chi connectivity index (χ3n) is 2.65. The lowest BCUT2D eigenvalue weighted by Crippen LogP contribution is -2.08. The molecule has 0 atom stereocenters. The predicted octanol–water partition coefficient (Wildman–Crippen LogP) is 4.41. The Morgan fingerprint density at radius 2 is 2.05 bits per heavy atom. The molecule has 22 heavy (non-hydrogen) atoms. The van der Waals surface area contributed by atoms with Crippen molar-refractivity contribution >= 4 is 29.3 Å². The zero-order valence-electron chi connectivity index (χ0n) is 11.1. The smallest absolute Gasteiger partial charge is 0.321 e. The second-order valence-corrected chi connectivity index (χ2v) is 4.71. The number of rotatable bonds is 3. The van der Waals surface area contributed by atoms with Gasteiger partial charge in [0, 0.05) is 12.3 Å². The zero-order valence-corrected chi connectivity index (χ0v) is 11.8. The van der Waals surface area contributed by atoms with Gasteiger partial charge in [-0.05, 0) is 35.9 Å². The Balaban J connectivity index is 2.12. The maximum absolute atomic E-state index is 12.7. The summed E-state index contributed by atoms with van der Waals surface area (Å²) < 4.78 is 38.2. The number of benzene rings is 1. The molecule has 0 fully saturated rings. The number of aromatic nitrogens is 1. The van der Waals surface area contributed by atoms with Crippen molar-refractivity contribution in [2.45, 2.75) is 6.18 Å². The van der Waals surface area contributed by atoms with E-state index in [0.29, 0.717) is 5.69 Å². The number of alkyl halides is 3. The van der Waals surface area contributed by atoms with E-state index in [0.717, 1.165) is 18.2 Å². The summed E-state index contributed by atoms with van der Waals surface area (Å²) in [6.45, 7) is 0. The Bertz CT molecular complexity index is 700. The number of amides is 1. The fourth-order valence-electron chi connectivity index (χ4n) is 1.66. The molecule has 0 unspecified atom stereocenters. The molecular formula is C15H10ClF3N2O. The van der Waals surface area contributed by atoms with Gasteiger partial charge in [-0.1, -0.05) is 17.7 Å². The van der Waals surface area contributed by atoms with Crippen LogP contribution in [0.5, 0.6) is 0 Å². The molecule has 0 saturated heterocycles. The molecule has 1 N–H and O–H groups in total. The first-order chi connectivity index (χ1) is 10.4. The second-order valence-electron chi connectivity index (χ2n) is 4.30. The molecule has 0 aliphatic heterocycles. The van der Waals surface area contributed by atoms with Crippen LogP contribution in [0.1, 0.15) is 11.1 Å². The van der Waals surface area contributed by atoms with Gasteiger partial charge in [0.2, 0.25) is 5.91 Å². The van der Waals surface area contributed by atoms with Gasteiger partial charge in [0.15, 0.2) is 0 Å². The summed E-state index contributed by atoms with van der Waals surface area (Å²) in [5.41, 5.74) is -0.230. The molecule has 0 aliphatic rings. The average Bonchev–Trinajstić information content (AvgIpc) is 2.46. The molecule has 1 heterocycles. The molecule has 7 heteroatoms. The van der Waals surface area contributed by atoms with E-state index >= 15 is 0 Å². The summed E-state index contributed by atoms with van der Waals surface area (Å²) in [7, 11) is 0. The van der Waals surface area contributed by atoms with E-state index in [1.165, 1.54) is 18.3 Å². The van der Waals surface area contributed by atoms with E-state index < -0.39 is 17.6 Å². The Morgan fingerprint density at radius 1 is 1.27 bits per heavy atom. The van der Waals surface area contributed by atoms with Crippen LogP contribution in [0.3, 0.4) is 0 Å². The molecule has 1 aromatic heterocycles. The highest BCUT2D eigenvalue weighted by Crippen LogP contribution is 2.35. The topological polar surface area (TPSA) is 42.0 Å². The third kappa shape index (κ3) is 4.33. The van der Waals surface area contributed by atoms with Gasteiger partial charge in [-0.2, -0.15) is 13.2 Å². The van der Waals surface area contributed by atoms with Crippen LogP contribution in [0.4, 0.5) is 18.9 Å². The highest BCUT2D eigenvalue weighted by molar-refractivity contribution is 6.31. The van der Waals surface area contributed by atoms with Crippen molar-refractivity contribution in [2.24, 2.45) is 0 Å². The minimum atomic E-state index is -4.54. The summed E-state index contributed by atoms with van der Waals surface area (Å²) in [6.07, 6.45) is 0.875. The number of carbonyl (C=O) groups is 1. The van der Waals surface area contributed by atoms with Crippen molar-refractivity contribution in [1.29, 1.82) is 0 Å². The number of pyridine rings is 1. The van der Waals surface area contributed by atoms with E-state index in [2.05, 4.69) is 10.3 Å². The van der Waals surface area contributed by atoms with Crippen LogP contribution >= 0.6 is 11.6 Å². The molecule has 0 bridgehead atoms. The molecule has 0 aliphatic carbocycles. The quantitative estimate of drug-likeness (QED) is 0.849. The van der Waals surface area contributed by atoms with Crippen LogP contribution in [0.2, 0.25) is 5.02 Å². The van der Waals surface area contributed by atoms with Crippen molar-refractivity contribution in [3.05, 3.63) is 65.0 Å². The largest absolute Gasteiger partial charge is 0.417 e. The Hall–Kier alpha value is -2.34. The number of hydrogen-bond acceptors (Lipinski definition) is 2. The summed E-state index contributed by atoms with van der Waals surface area (Å²) in [5.74, 6) is -0.475. The SMILES string of the molecule is O=C(/C=C/c1ccc(Cl)c(C(F)(F)F)c1)Nc1cccnc1. The molecule has 2 aromatic rings. The number of anilines is 1. The fraction of sp³-hybridized carbons (Fsp3) is 0.0667. The standard InChI is InChI=1S/C15H10ClF3N2O/c16-13-5-3-10(8-12(13)15(17,18)19)4-6-14(22)21-11-2-1-7-20-9-11/h1-9H,(H,21,22)/b6-4+. The zero-order chi connectivity index (χ0) is 16.2. The van der Waals surface area contributed by atoms with Gasteiger partial charge in [0.05, 0.1) is 22.5 Å². The average molecular weight is 327 g/mol. The van der Waals surface area contributed by atoms with E-state index in [-0.39, 0.29) is 10.6 Å². The maximum atomic E-state index is 12.7. The van der Waals surface area contributed by atoms with Gasteiger partial charge in [0.25, 0.3) is 0 Å². The molecule has 114 valence electrons. The van der Waals surface area contributed by atoms with Gasteiger partial charge in [0.1, 0.15) is 0 Å². The first kappa shape index (κ1) is 16.0. The fourth-order valence-corrected chi connectivity index (χ4v) is 1.88. The van der Waals surface area contributed by atoms with Crippen molar-refractivity contribution in [2.75, 3.05) is 5.32 Å². The van der Waals surface area contributed by atoms with Crippen LogP contribution < -0.4 is 5.32 Å². The molecule has 1 aromatic carbocycles. The summed E-state index contributed by atoms with van der Waals surface area (Å²) in [6, 6.07) is 6.71. The lowest BCUT2D eigenvalue weighted by atomic mass is 10.1. The van der Waals surface area contributed by atoms with Crippen LogP contribution in [0.15, 0.2) is 48.8 Å². The molecule has 0 saturated carbocycles. The van der Waals surface area contributed by atoms with Gasteiger partial charge in [-0.3, -0.25) is 9.78 Å². The number of nitrogens with one attached hydrogen (secondary N) is 1. The van der Waals surface area contributed by atoms with E-state index in [9.17, 15) is 18.0 Å². The van der Waals surface area contributed by atoms with Crippen LogP contribution in [0, 0.1) is 0 Å². The first-order valence-electron chi connectivity index (χ1n) is 6.12. The van der Waals surface area contributed by atoms with Crippen molar-refractivity contribution in [3.8, 4) is 0 Å². The monoisotopic (exact) mass is 326 g/mol. The predicted molar refractivity (Wildman–Crippen MR) is 78.4 cm³/mol. The molecule has 0 spiro atoms. The van der Waals surface area contributed by atoms with Crippen molar-refractivity contribution in [3.63, 3.8) is 0 Å². The van der Waals surface area contributed by atoms with Crippen LogP contribution in [0.25, 0.3) is 6.08 Å². The molecular weight excluding hydrogens is 317 g/mol. The minimum absolute atomic E-state index is 0.220. The van der Waals surface area contributed by atoms with Crippen LogP contribution in [-0.4, -0.2) is 10.9 Å². The minimum Gasteiger partial charge on any atom is -0.321 e. The van der Waals surface area contributed by atoms with E-state index in [1.807, 2.05) is 0 Å². The summed E-state index contributed by atoms with van der Waals surface area (Å²) in [4.78, 5) is 15.5. The van der Waals surface area contributed by atoms with Gasteiger partial charge < -0.3 is 5.32 Å². The molecule has 3 nitrogen and oxygen atoms in total. The van der Waals surface area contributed by atoms with Crippen LogP contribution in [-0.2, 0) is 11.0 Å². The maximum Gasteiger partial charge on any atom is 0.417 e. The van der Waals surface area contributed by atoms with E-state index in [1.54, 1.807) is 18.3 Å². The van der Waals surface area contributed by atoms with Crippen molar-refractivity contribution in [1.82, 2.24) is 4.98 Å². The molecule has 0 radical (unpaired) electrons. The second kappa shape index (κ2) is 6.62. The molecule has 2 rings (SSSR count). The highest BCUT2D eigenvalue weighted by Gasteiger charge is 2.33. The van der Waals surface area contributed by atoms with E-state index in [4.69, 9.17) is 11.6 Å². The highest BCUT2D eigenvalue weighted by atomic mass is 35.5. The first-order valence-corrected chi connectivity index (χ1v) is 6.50. The van der Waals surface area contributed by atoms with Gasteiger partial charge in [-0.15, -0.1) is 0 Å². The van der Waals surface area contributed by atoms with Gasteiger partial charge in [-0.25, -0.2) is 0 Å². The summed E-state index contributed by atoms with van der Waals surface area (Å²) in [5, 5.41) is 2.15. The Kier molecular flexibility index (Phi) is 4.82. The number of hydrogen-bond donors (Lipinski definition) is 1. The summed E-state index contributed by atoms with van der Waals surface area (Å²) >= 11 is 5.52.